The molecular weight excluding hydrogens is 252 g/mol. The molecule has 4 heteroatoms. The van der Waals surface area contributed by atoms with Crippen molar-refractivity contribution in [1.29, 1.82) is 0 Å². The third kappa shape index (κ3) is 4.20. The number of nitrogens with one attached hydrogen (secondary N) is 1. The molecule has 1 aliphatic rings. The highest BCUT2D eigenvalue weighted by Crippen LogP contribution is 2.22. The molecule has 0 saturated carbocycles. The molecule has 112 valence electrons. The van der Waals surface area contributed by atoms with E-state index in [4.69, 9.17) is 9.47 Å². The molecule has 0 radical (unpaired) electrons. The van der Waals surface area contributed by atoms with Gasteiger partial charge in [-0.1, -0.05) is 6.07 Å². The molecule has 0 aromatic heterocycles. The lowest BCUT2D eigenvalue weighted by atomic mass is 10.1. The molecule has 1 aromatic carbocycles. The number of ether oxygens (including phenoxy) is 2. The van der Waals surface area contributed by atoms with Crippen molar-refractivity contribution >= 4 is 0 Å². The molecule has 0 aliphatic carbocycles. The Morgan fingerprint density at radius 2 is 2.25 bits per heavy atom. The van der Waals surface area contributed by atoms with Crippen LogP contribution < -0.4 is 10.1 Å². The fourth-order valence-corrected chi connectivity index (χ4v) is 2.67. The molecule has 1 fully saturated rings. The molecule has 1 aliphatic heterocycles. The molecule has 2 rings (SSSR count). The van der Waals surface area contributed by atoms with Gasteiger partial charge in [-0.25, -0.2) is 0 Å². The summed E-state index contributed by atoms with van der Waals surface area (Å²) in [6.07, 6.45) is 0. The number of nitrogens with zero attached hydrogens (tertiary/aromatic N) is 1. The second-order valence-electron chi connectivity index (χ2n) is 5.37. The zero-order valence-electron chi connectivity index (χ0n) is 12.8. The first-order valence-corrected chi connectivity index (χ1v) is 7.42. The summed E-state index contributed by atoms with van der Waals surface area (Å²) in [5.74, 6) is 0.913. The van der Waals surface area contributed by atoms with Crippen LogP contribution in [0.25, 0.3) is 0 Å². The number of hydrogen-bond donors (Lipinski definition) is 1. The number of hydrogen-bond acceptors (Lipinski definition) is 4. The van der Waals surface area contributed by atoms with Crippen molar-refractivity contribution in [2.45, 2.75) is 33.0 Å². The minimum atomic E-state index is 0.574. The van der Waals surface area contributed by atoms with Crippen LogP contribution in [-0.4, -0.2) is 44.3 Å². The second kappa shape index (κ2) is 7.62. The van der Waals surface area contributed by atoms with Crippen molar-refractivity contribution < 1.29 is 9.47 Å². The monoisotopic (exact) mass is 278 g/mol. The topological polar surface area (TPSA) is 33.7 Å². The summed E-state index contributed by atoms with van der Waals surface area (Å²) in [4.78, 5) is 2.49. The van der Waals surface area contributed by atoms with Gasteiger partial charge >= 0.3 is 0 Å². The molecule has 0 bridgehead atoms. The van der Waals surface area contributed by atoms with Gasteiger partial charge in [-0.3, -0.25) is 4.90 Å². The van der Waals surface area contributed by atoms with Gasteiger partial charge in [0, 0.05) is 44.4 Å². The van der Waals surface area contributed by atoms with E-state index in [0.29, 0.717) is 12.6 Å². The van der Waals surface area contributed by atoms with Gasteiger partial charge in [0.1, 0.15) is 5.75 Å². The quantitative estimate of drug-likeness (QED) is 0.863. The molecule has 0 unspecified atom stereocenters. The van der Waals surface area contributed by atoms with Gasteiger partial charge in [0.15, 0.2) is 0 Å². The van der Waals surface area contributed by atoms with Crippen LogP contribution in [0.4, 0.5) is 0 Å². The van der Waals surface area contributed by atoms with Crippen LogP contribution in [0, 0.1) is 0 Å². The van der Waals surface area contributed by atoms with E-state index in [9.17, 15) is 0 Å². The number of benzene rings is 1. The Balaban J connectivity index is 2.03. The van der Waals surface area contributed by atoms with Crippen LogP contribution in [0.3, 0.4) is 0 Å². The minimum Gasteiger partial charge on any atom is -0.496 e. The molecule has 1 aromatic rings. The maximum Gasteiger partial charge on any atom is 0.124 e. The lowest BCUT2D eigenvalue weighted by Crippen LogP contribution is -2.48. The number of rotatable bonds is 6. The Labute approximate surface area is 122 Å². The summed E-state index contributed by atoms with van der Waals surface area (Å²) in [5.41, 5.74) is 2.46. The summed E-state index contributed by atoms with van der Waals surface area (Å²) in [6.45, 7) is 9.87. The highest BCUT2D eigenvalue weighted by Gasteiger charge is 2.16. The summed E-state index contributed by atoms with van der Waals surface area (Å²) in [5, 5.41) is 3.47. The number of methoxy groups -OCH3 is 1. The fourth-order valence-electron chi connectivity index (χ4n) is 2.67. The van der Waals surface area contributed by atoms with Gasteiger partial charge in [-0.15, -0.1) is 0 Å². The summed E-state index contributed by atoms with van der Waals surface area (Å²) in [6, 6.07) is 6.99. The first kappa shape index (κ1) is 15.3. The Morgan fingerprint density at radius 1 is 1.40 bits per heavy atom. The van der Waals surface area contributed by atoms with Gasteiger partial charge in [-0.05, 0) is 31.5 Å². The van der Waals surface area contributed by atoms with Crippen LogP contribution in [-0.2, 0) is 17.9 Å². The predicted molar refractivity (Wildman–Crippen MR) is 81.1 cm³/mol. The number of piperazine rings is 1. The summed E-state index contributed by atoms with van der Waals surface area (Å²) in [7, 11) is 1.71. The van der Waals surface area contributed by atoms with Crippen molar-refractivity contribution in [3.63, 3.8) is 0 Å². The average molecular weight is 278 g/mol. The SMILES string of the molecule is CCOCc1cc(CN2CCN[C@H](C)C2)ccc1OC. The van der Waals surface area contributed by atoms with E-state index in [1.165, 1.54) is 5.56 Å². The fraction of sp³-hybridized carbons (Fsp3) is 0.625. The van der Waals surface area contributed by atoms with Crippen LogP contribution in [0.15, 0.2) is 18.2 Å². The van der Waals surface area contributed by atoms with E-state index in [1.807, 2.05) is 6.92 Å². The van der Waals surface area contributed by atoms with Crippen LogP contribution >= 0.6 is 0 Å². The Kier molecular flexibility index (Phi) is 5.83. The Hall–Kier alpha value is -1.10. The van der Waals surface area contributed by atoms with Crippen molar-refractivity contribution in [2.75, 3.05) is 33.4 Å². The highest BCUT2D eigenvalue weighted by molar-refractivity contribution is 5.37. The van der Waals surface area contributed by atoms with E-state index in [1.54, 1.807) is 7.11 Å². The summed E-state index contributed by atoms with van der Waals surface area (Å²) >= 11 is 0. The molecular formula is C16H26N2O2. The average Bonchev–Trinajstić information content (AvgIpc) is 2.45. The van der Waals surface area contributed by atoms with Crippen molar-refractivity contribution in [1.82, 2.24) is 10.2 Å². The zero-order chi connectivity index (χ0) is 14.4. The molecule has 0 amide bonds. The van der Waals surface area contributed by atoms with Gasteiger partial charge in [0.25, 0.3) is 0 Å². The van der Waals surface area contributed by atoms with E-state index in [-0.39, 0.29) is 0 Å². The van der Waals surface area contributed by atoms with Gasteiger partial charge < -0.3 is 14.8 Å². The molecule has 1 saturated heterocycles. The van der Waals surface area contributed by atoms with E-state index < -0.39 is 0 Å². The molecule has 1 N–H and O–H groups in total. The first-order valence-electron chi connectivity index (χ1n) is 7.42. The maximum atomic E-state index is 5.52. The Bertz CT molecular complexity index is 423. The zero-order valence-corrected chi connectivity index (χ0v) is 12.8. The molecule has 4 nitrogen and oxygen atoms in total. The molecule has 20 heavy (non-hydrogen) atoms. The molecule has 1 heterocycles. The van der Waals surface area contributed by atoms with Crippen LogP contribution in [0.2, 0.25) is 0 Å². The van der Waals surface area contributed by atoms with Crippen molar-refractivity contribution in [3.8, 4) is 5.75 Å². The first-order chi connectivity index (χ1) is 9.72. The lowest BCUT2D eigenvalue weighted by Gasteiger charge is -2.32. The van der Waals surface area contributed by atoms with E-state index in [0.717, 1.165) is 44.1 Å². The minimum absolute atomic E-state index is 0.574. The van der Waals surface area contributed by atoms with E-state index >= 15 is 0 Å². The van der Waals surface area contributed by atoms with Crippen LogP contribution in [0.5, 0.6) is 5.75 Å². The lowest BCUT2D eigenvalue weighted by molar-refractivity contribution is 0.131. The third-order valence-corrected chi connectivity index (χ3v) is 3.67. The second-order valence-corrected chi connectivity index (χ2v) is 5.37. The summed E-state index contributed by atoms with van der Waals surface area (Å²) < 4.78 is 10.9. The standard InChI is InChI=1S/C16H26N2O2/c1-4-20-12-15-9-14(5-6-16(15)19-3)11-18-8-7-17-13(2)10-18/h5-6,9,13,17H,4,7-8,10-12H2,1-3H3/t13-/m1/s1. The smallest absolute Gasteiger partial charge is 0.124 e. The highest BCUT2D eigenvalue weighted by atomic mass is 16.5. The normalized spacial score (nSPS) is 20.1. The third-order valence-electron chi connectivity index (χ3n) is 3.67. The van der Waals surface area contributed by atoms with Crippen molar-refractivity contribution in [2.24, 2.45) is 0 Å². The Morgan fingerprint density at radius 3 is 2.95 bits per heavy atom. The van der Waals surface area contributed by atoms with Gasteiger partial charge in [0.05, 0.1) is 13.7 Å². The van der Waals surface area contributed by atoms with E-state index in [2.05, 4.69) is 35.3 Å². The molecule has 0 spiro atoms. The molecule has 1 atom stereocenters. The largest absolute Gasteiger partial charge is 0.496 e. The van der Waals surface area contributed by atoms with Gasteiger partial charge in [0.2, 0.25) is 0 Å². The van der Waals surface area contributed by atoms with Crippen LogP contribution in [0.1, 0.15) is 25.0 Å². The van der Waals surface area contributed by atoms with Gasteiger partial charge in [-0.2, -0.15) is 0 Å². The maximum absolute atomic E-state index is 5.52. The predicted octanol–water partition coefficient (Wildman–Crippen LogP) is 2.03. The van der Waals surface area contributed by atoms with Crippen molar-refractivity contribution in [3.05, 3.63) is 29.3 Å².